The summed E-state index contributed by atoms with van der Waals surface area (Å²) in [5.41, 5.74) is 16.9. The van der Waals surface area contributed by atoms with Gasteiger partial charge in [-0.05, 0) is 35.9 Å². The summed E-state index contributed by atoms with van der Waals surface area (Å²) in [6, 6.07) is 21.6. The van der Waals surface area contributed by atoms with Crippen LogP contribution in [0.4, 0.5) is 19.0 Å². The molecule has 188 valence electrons. The molecule has 5 rings (SSSR count). The van der Waals surface area contributed by atoms with E-state index in [4.69, 9.17) is 31.3 Å². The number of carbonyl (C=O) groups is 1. The van der Waals surface area contributed by atoms with Gasteiger partial charge in [0.05, 0.1) is 11.3 Å². The van der Waals surface area contributed by atoms with Gasteiger partial charge >= 0.3 is 12.1 Å². The second-order valence-corrected chi connectivity index (χ2v) is 7.64. The number of anilines is 1. The number of imidazole rings is 1. The van der Waals surface area contributed by atoms with Crippen LogP contribution in [0.25, 0.3) is 39.6 Å². The van der Waals surface area contributed by atoms with Crippen molar-refractivity contribution in [1.82, 2.24) is 24.5 Å². The summed E-state index contributed by atoms with van der Waals surface area (Å²) in [5, 5.41) is 7.12. The number of nitrogens with two attached hydrogens (primary N) is 2. The fraction of sp³-hybridized carbons (Fsp3) is 0.0800. The molecule has 5 aromatic rings. The highest BCUT2D eigenvalue weighted by Crippen LogP contribution is 2.31. The summed E-state index contributed by atoms with van der Waals surface area (Å²) in [4.78, 5) is 27.4. The number of benzene rings is 1. The number of rotatable bonds is 4. The zero-order chi connectivity index (χ0) is 26.6. The van der Waals surface area contributed by atoms with E-state index in [0.29, 0.717) is 29.7 Å². The molecule has 0 aliphatic carbocycles. The lowest BCUT2D eigenvalue weighted by Gasteiger charge is -2.10. The van der Waals surface area contributed by atoms with Crippen molar-refractivity contribution in [2.75, 3.05) is 5.73 Å². The van der Waals surface area contributed by atoms with Crippen LogP contribution in [0.3, 0.4) is 0 Å². The van der Waals surface area contributed by atoms with Crippen LogP contribution in [0, 0.1) is 0 Å². The lowest BCUT2D eigenvalue weighted by molar-refractivity contribution is -0.192. The molecular weight excluding hydrogens is 487 g/mol. The van der Waals surface area contributed by atoms with Crippen LogP contribution in [0.5, 0.6) is 0 Å². The molecule has 1 aromatic carbocycles. The number of carboxylic acid groups (broad SMARTS) is 1. The molecule has 0 amide bonds. The topological polar surface area (TPSA) is 146 Å². The standard InChI is InChI=1S/C23H19N7.C2HF3O2/c24-13-15-8-11-20(27-14-15)30-22(17-7-4-12-26-21(17)25)29-19-10-9-18(28-23(19)30)16-5-2-1-3-6-16;3-2(4,5)1(6)7/h1-12,14H,13,24H2,(H2,25,26);(H,6,7). The predicted molar refractivity (Wildman–Crippen MR) is 131 cm³/mol. The first-order chi connectivity index (χ1) is 17.7. The Morgan fingerprint density at radius 3 is 2.27 bits per heavy atom. The number of fused-ring (bicyclic) bond motifs is 1. The highest BCUT2D eigenvalue weighted by Gasteiger charge is 2.38. The van der Waals surface area contributed by atoms with Gasteiger partial charge in [0.2, 0.25) is 0 Å². The molecule has 0 aliphatic heterocycles. The molecule has 0 fully saturated rings. The van der Waals surface area contributed by atoms with E-state index in [1.165, 1.54) is 0 Å². The number of aliphatic carboxylic acids is 1. The summed E-state index contributed by atoms with van der Waals surface area (Å²) in [5.74, 6) is -1.03. The largest absolute Gasteiger partial charge is 0.490 e. The molecule has 37 heavy (non-hydrogen) atoms. The number of halogens is 3. The molecule has 4 heterocycles. The quantitative estimate of drug-likeness (QED) is 0.328. The number of hydrogen-bond acceptors (Lipinski definition) is 7. The van der Waals surface area contributed by atoms with Gasteiger partial charge in [-0.3, -0.25) is 4.57 Å². The molecule has 0 spiro atoms. The Kier molecular flexibility index (Phi) is 7.11. The number of nitrogens with zero attached hydrogens (tertiary/aromatic N) is 5. The van der Waals surface area contributed by atoms with Crippen molar-refractivity contribution in [3.8, 4) is 28.5 Å². The number of hydrogen-bond donors (Lipinski definition) is 3. The van der Waals surface area contributed by atoms with E-state index in [1.807, 2.05) is 71.3 Å². The molecule has 9 nitrogen and oxygen atoms in total. The summed E-state index contributed by atoms with van der Waals surface area (Å²) < 4.78 is 33.6. The Bertz CT molecular complexity index is 1540. The summed E-state index contributed by atoms with van der Waals surface area (Å²) in [6.07, 6.45) is -1.66. The van der Waals surface area contributed by atoms with Crippen LogP contribution in [0.2, 0.25) is 0 Å². The third kappa shape index (κ3) is 5.54. The molecular formula is C25H20F3N7O2. The Morgan fingerprint density at radius 1 is 0.946 bits per heavy atom. The summed E-state index contributed by atoms with van der Waals surface area (Å²) in [6.45, 7) is 0.427. The maximum absolute atomic E-state index is 10.6. The number of carboxylic acids is 1. The van der Waals surface area contributed by atoms with E-state index < -0.39 is 12.1 Å². The zero-order valence-corrected chi connectivity index (χ0v) is 19.1. The van der Waals surface area contributed by atoms with Crippen molar-refractivity contribution in [2.45, 2.75) is 12.7 Å². The number of alkyl halides is 3. The molecule has 0 atom stereocenters. The lowest BCUT2D eigenvalue weighted by Crippen LogP contribution is -2.21. The fourth-order valence-corrected chi connectivity index (χ4v) is 3.40. The smallest absolute Gasteiger partial charge is 0.475 e. The highest BCUT2D eigenvalue weighted by atomic mass is 19.4. The van der Waals surface area contributed by atoms with E-state index in [-0.39, 0.29) is 0 Å². The normalized spacial score (nSPS) is 11.1. The molecule has 4 aromatic heterocycles. The van der Waals surface area contributed by atoms with Gasteiger partial charge in [0, 0.05) is 24.5 Å². The van der Waals surface area contributed by atoms with Crippen LogP contribution in [0.15, 0.2) is 79.1 Å². The Morgan fingerprint density at radius 2 is 1.68 bits per heavy atom. The van der Waals surface area contributed by atoms with Gasteiger partial charge < -0.3 is 16.6 Å². The second-order valence-electron chi connectivity index (χ2n) is 7.64. The molecule has 0 bridgehead atoms. The summed E-state index contributed by atoms with van der Waals surface area (Å²) >= 11 is 0. The van der Waals surface area contributed by atoms with Crippen LogP contribution >= 0.6 is 0 Å². The average Bonchev–Trinajstić information content (AvgIpc) is 3.28. The number of nitrogen functional groups attached to an aromatic ring is 1. The first-order valence-electron chi connectivity index (χ1n) is 10.8. The van der Waals surface area contributed by atoms with E-state index >= 15 is 0 Å². The minimum atomic E-state index is -5.08. The predicted octanol–water partition coefficient (Wildman–Crippen LogP) is 4.22. The molecule has 12 heteroatoms. The SMILES string of the molecule is NCc1ccc(-n2c(-c3cccnc3N)nc3ccc(-c4ccccc4)nc32)nc1.O=C(O)C(F)(F)F. The van der Waals surface area contributed by atoms with Crippen LogP contribution in [-0.4, -0.2) is 41.8 Å². The minimum absolute atomic E-state index is 0.399. The fourth-order valence-electron chi connectivity index (χ4n) is 3.40. The van der Waals surface area contributed by atoms with Gasteiger partial charge in [-0.1, -0.05) is 36.4 Å². The van der Waals surface area contributed by atoms with Crippen LogP contribution < -0.4 is 11.5 Å². The van der Waals surface area contributed by atoms with Gasteiger partial charge in [-0.2, -0.15) is 13.2 Å². The van der Waals surface area contributed by atoms with Gasteiger partial charge in [-0.25, -0.2) is 24.7 Å². The maximum Gasteiger partial charge on any atom is 0.490 e. The van der Waals surface area contributed by atoms with Crippen molar-refractivity contribution in [3.63, 3.8) is 0 Å². The Hall–Kier alpha value is -4.84. The third-order valence-electron chi connectivity index (χ3n) is 5.17. The molecule has 0 saturated heterocycles. The molecule has 0 unspecified atom stereocenters. The number of aromatic nitrogens is 5. The second kappa shape index (κ2) is 10.4. The third-order valence-corrected chi connectivity index (χ3v) is 5.17. The Labute approximate surface area is 208 Å². The lowest BCUT2D eigenvalue weighted by atomic mass is 10.1. The van der Waals surface area contributed by atoms with Gasteiger partial charge in [0.1, 0.15) is 17.2 Å². The van der Waals surface area contributed by atoms with E-state index in [1.54, 1.807) is 12.4 Å². The van der Waals surface area contributed by atoms with Crippen molar-refractivity contribution in [3.05, 3.63) is 84.7 Å². The molecule has 5 N–H and O–H groups in total. The van der Waals surface area contributed by atoms with Crippen molar-refractivity contribution < 1.29 is 23.1 Å². The molecule has 0 saturated carbocycles. The van der Waals surface area contributed by atoms with Crippen molar-refractivity contribution in [2.24, 2.45) is 5.73 Å². The molecule has 0 aliphatic rings. The van der Waals surface area contributed by atoms with E-state index in [9.17, 15) is 13.2 Å². The minimum Gasteiger partial charge on any atom is -0.475 e. The number of pyridine rings is 3. The first kappa shape index (κ1) is 25.3. The maximum atomic E-state index is 10.6. The monoisotopic (exact) mass is 507 g/mol. The van der Waals surface area contributed by atoms with Crippen LogP contribution in [0.1, 0.15) is 5.56 Å². The van der Waals surface area contributed by atoms with Crippen LogP contribution in [-0.2, 0) is 11.3 Å². The van der Waals surface area contributed by atoms with Crippen molar-refractivity contribution >= 4 is 23.0 Å². The van der Waals surface area contributed by atoms with Crippen molar-refractivity contribution in [1.29, 1.82) is 0 Å². The molecule has 0 radical (unpaired) electrons. The average molecular weight is 507 g/mol. The zero-order valence-electron chi connectivity index (χ0n) is 19.1. The Balaban J connectivity index is 0.000000405. The van der Waals surface area contributed by atoms with E-state index in [0.717, 1.165) is 27.9 Å². The van der Waals surface area contributed by atoms with E-state index in [2.05, 4.69) is 9.97 Å². The first-order valence-corrected chi connectivity index (χ1v) is 10.8. The van der Waals surface area contributed by atoms with Gasteiger partial charge in [-0.15, -0.1) is 0 Å². The highest BCUT2D eigenvalue weighted by molar-refractivity contribution is 5.84. The van der Waals surface area contributed by atoms with Gasteiger partial charge in [0.15, 0.2) is 11.5 Å². The summed E-state index contributed by atoms with van der Waals surface area (Å²) in [7, 11) is 0. The van der Waals surface area contributed by atoms with Gasteiger partial charge in [0.25, 0.3) is 0 Å².